The van der Waals surface area contributed by atoms with E-state index in [-0.39, 0.29) is 11.4 Å². The van der Waals surface area contributed by atoms with Crippen LogP contribution in [0, 0.1) is 19.5 Å². The fourth-order valence-corrected chi connectivity index (χ4v) is 2.46. The van der Waals surface area contributed by atoms with Gasteiger partial charge in [-0.3, -0.25) is 10.1 Å². The number of anilines is 2. The van der Waals surface area contributed by atoms with Gasteiger partial charge in [-0.05, 0) is 53.8 Å². The van der Waals surface area contributed by atoms with Gasteiger partial charge in [0.25, 0.3) is 5.69 Å². The van der Waals surface area contributed by atoms with Crippen molar-refractivity contribution in [2.24, 2.45) is 0 Å². The predicted octanol–water partition coefficient (Wildman–Crippen LogP) is 4.48. The Kier molecular flexibility index (Phi) is 4.94. The lowest BCUT2D eigenvalue weighted by Gasteiger charge is -2.09. The van der Waals surface area contributed by atoms with E-state index in [0.29, 0.717) is 21.6 Å². The zero-order valence-corrected chi connectivity index (χ0v) is 13.3. The van der Waals surface area contributed by atoms with Crippen LogP contribution in [0.15, 0.2) is 36.4 Å². The van der Waals surface area contributed by atoms with Crippen molar-refractivity contribution >= 4 is 39.7 Å². The van der Waals surface area contributed by atoms with Gasteiger partial charge in [0, 0.05) is 23.5 Å². The molecule has 0 aliphatic carbocycles. The van der Waals surface area contributed by atoms with Crippen LogP contribution >= 0.6 is 22.6 Å². The highest BCUT2D eigenvalue weighted by Gasteiger charge is 2.12. The smallest absolute Gasteiger partial charge is 0.282 e. The van der Waals surface area contributed by atoms with Gasteiger partial charge in [-0.15, -0.1) is 0 Å². The van der Waals surface area contributed by atoms with Gasteiger partial charge in [0.1, 0.15) is 0 Å². The van der Waals surface area contributed by atoms with Crippen LogP contribution in [0.25, 0.3) is 0 Å². The number of nitro groups is 1. The lowest BCUT2D eigenvalue weighted by Crippen LogP contribution is -1.97. The minimum atomic E-state index is -0.460. The van der Waals surface area contributed by atoms with E-state index in [0.717, 1.165) is 0 Å². The van der Waals surface area contributed by atoms with E-state index >= 15 is 0 Å². The van der Waals surface area contributed by atoms with E-state index < -0.39 is 10.7 Å². The van der Waals surface area contributed by atoms with E-state index in [1.165, 1.54) is 18.2 Å². The van der Waals surface area contributed by atoms with E-state index in [4.69, 9.17) is 4.74 Å². The summed E-state index contributed by atoms with van der Waals surface area (Å²) in [6.45, 7) is 2.18. The first-order valence-corrected chi connectivity index (χ1v) is 7.22. The minimum absolute atomic E-state index is 0.0408. The molecule has 21 heavy (non-hydrogen) atoms. The maximum absolute atomic E-state index is 13.7. The summed E-state index contributed by atoms with van der Waals surface area (Å²) >= 11 is 1.89. The average Bonchev–Trinajstić information content (AvgIpc) is 2.41. The molecule has 0 fully saturated rings. The van der Waals surface area contributed by atoms with Gasteiger partial charge >= 0.3 is 0 Å². The third-order valence-electron chi connectivity index (χ3n) is 2.66. The third kappa shape index (κ3) is 3.81. The van der Waals surface area contributed by atoms with Gasteiger partial charge in [-0.2, -0.15) is 0 Å². The molecule has 110 valence electrons. The van der Waals surface area contributed by atoms with Crippen LogP contribution in [0.3, 0.4) is 0 Å². The number of nitrogens with zero attached hydrogens (tertiary/aromatic N) is 1. The van der Waals surface area contributed by atoms with Crippen molar-refractivity contribution < 1.29 is 14.1 Å². The van der Waals surface area contributed by atoms with Crippen LogP contribution in [-0.4, -0.2) is 11.5 Å². The third-order valence-corrected chi connectivity index (χ3v) is 3.53. The van der Waals surface area contributed by atoms with Gasteiger partial charge in [-0.1, -0.05) is 0 Å². The molecule has 0 bridgehead atoms. The van der Waals surface area contributed by atoms with Gasteiger partial charge < -0.3 is 10.1 Å². The Morgan fingerprint density at radius 1 is 1.29 bits per heavy atom. The normalized spacial score (nSPS) is 10.2. The van der Waals surface area contributed by atoms with E-state index in [9.17, 15) is 14.5 Å². The summed E-state index contributed by atoms with van der Waals surface area (Å²) in [7, 11) is 0. The number of hydrogen-bond acceptors (Lipinski definition) is 4. The topological polar surface area (TPSA) is 64.4 Å². The molecular formula is C14H12FIN2O3. The molecule has 0 radical (unpaired) electrons. The number of hydrogen-bond donors (Lipinski definition) is 1. The molecule has 0 saturated heterocycles. The van der Waals surface area contributed by atoms with E-state index in [1.807, 2.05) is 22.6 Å². The van der Waals surface area contributed by atoms with Crippen LogP contribution in [0.5, 0.6) is 5.75 Å². The standard InChI is InChI=1S/C14H12FIN2O3/c1-2-21-14-6-4-9(7-11(14)15)17-10-3-5-13(18(19)20)12(16)8-10/h3-8,17H,2H2,1H3. The Morgan fingerprint density at radius 2 is 1.95 bits per heavy atom. The summed E-state index contributed by atoms with van der Waals surface area (Å²) < 4.78 is 19.4. The molecule has 0 heterocycles. The molecule has 2 aromatic rings. The van der Waals surface area contributed by atoms with Crippen LogP contribution in [0.2, 0.25) is 0 Å². The number of halogens is 2. The molecule has 0 aliphatic heterocycles. The van der Waals surface area contributed by atoms with Crippen molar-refractivity contribution in [1.82, 2.24) is 0 Å². The van der Waals surface area contributed by atoms with Crippen molar-refractivity contribution in [3.63, 3.8) is 0 Å². The van der Waals surface area contributed by atoms with Crippen molar-refractivity contribution in [2.45, 2.75) is 6.92 Å². The highest BCUT2D eigenvalue weighted by Crippen LogP contribution is 2.28. The molecule has 1 N–H and O–H groups in total. The second kappa shape index (κ2) is 6.70. The van der Waals surface area contributed by atoms with Gasteiger partial charge in [-0.25, -0.2) is 4.39 Å². The maximum Gasteiger partial charge on any atom is 0.282 e. The lowest BCUT2D eigenvalue weighted by molar-refractivity contribution is -0.385. The van der Waals surface area contributed by atoms with E-state index in [1.54, 1.807) is 25.1 Å². The molecule has 0 amide bonds. The Balaban J connectivity index is 2.20. The number of benzene rings is 2. The second-order valence-electron chi connectivity index (χ2n) is 4.13. The number of nitrogens with one attached hydrogen (secondary N) is 1. The Morgan fingerprint density at radius 3 is 2.52 bits per heavy atom. The molecule has 0 atom stereocenters. The van der Waals surface area contributed by atoms with Gasteiger partial charge in [0.2, 0.25) is 0 Å². The zero-order valence-electron chi connectivity index (χ0n) is 11.1. The summed E-state index contributed by atoms with van der Waals surface area (Å²) in [5.41, 5.74) is 1.23. The lowest BCUT2D eigenvalue weighted by atomic mass is 10.2. The first-order valence-electron chi connectivity index (χ1n) is 6.14. The molecule has 0 aromatic heterocycles. The minimum Gasteiger partial charge on any atom is -0.491 e. The quantitative estimate of drug-likeness (QED) is 0.455. The van der Waals surface area contributed by atoms with Crippen LogP contribution in [0.4, 0.5) is 21.5 Å². The fourth-order valence-electron chi connectivity index (χ4n) is 1.75. The van der Waals surface area contributed by atoms with E-state index in [2.05, 4.69) is 5.32 Å². The average molecular weight is 402 g/mol. The summed E-state index contributed by atoms with van der Waals surface area (Å²) in [4.78, 5) is 10.3. The Bertz CT molecular complexity index is 679. The van der Waals surface area contributed by atoms with Gasteiger partial charge in [0.05, 0.1) is 15.1 Å². The molecule has 0 unspecified atom stereocenters. The summed E-state index contributed by atoms with van der Waals surface area (Å²) in [6.07, 6.45) is 0. The van der Waals surface area contributed by atoms with Crippen molar-refractivity contribution in [1.29, 1.82) is 0 Å². The molecule has 0 spiro atoms. The zero-order chi connectivity index (χ0) is 15.4. The fraction of sp³-hybridized carbons (Fsp3) is 0.143. The number of nitro benzene ring substituents is 1. The van der Waals surface area contributed by atoms with Crippen LogP contribution < -0.4 is 10.1 Å². The SMILES string of the molecule is CCOc1ccc(Nc2ccc([N+](=O)[O-])c(I)c2)cc1F. The Labute approximate surface area is 134 Å². The molecule has 5 nitrogen and oxygen atoms in total. The summed E-state index contributed by atoms with van der Waals surface area (Å²) in [5, 5.41) is 13.7. The summed E-state index contributed by atoms with van der Waals surface area (Å²) in [6, 6.07) is 9.16. The van der Waals surface area contributed by atoms with Crippen molar-refractivity contribution in [2.75, 3.05) is 11.9 Å². The van der Waals surface area contributed by atoms with Crippen LogP contribution in [0.1, 0.15) is 6.92 Å². The molecule has 7 heteroatoms. The largest absolute Gasteiger partial charge is 0.491 e. The van der Waals surface area contributed by atoms with Crippen molar-refractivity contribution in [3.05, 3.63) is 55.9 Å². The molecule has 2 rings (SSSR count). The second-order valence-corrected chi connectivity index (χ2v) is 5.29. The van der Waals surface area contributed by atoms with Crippen LogP contribution in [-0.2, 0) is 0 Å². The monoisotopic (exact) mass is 402 g/mol. The number of ether oxygens (including phenoxy) is 1. The predicted molar refractivity (Wildman–Crippen MR) is 86.7 cm³/mol. The highest BCUT2D eigenvalue weighted by atomic mass is 127. The molecule has 2 aromatic carbocycles. The molecule has 0 aliphatic rings. The van der Waals surface area contributed by atoms with Crippen molar-refractivity contribution in [3.8, 4) is 5.75 Å². The molecule has 0 saturated carbocycles. The first kappa shape index (κ1) is 15.5. The highest BCUT2D eigenvalue weighted by molar-refractivity contribution is 14.1. The first-order chi connectivity index (χ1) is 10.0. The maximum atomic E-state index is 13.7. The summed E-state index contributed by atoms with van der Waals surface area (Å²) in [5.74, 6) is -0.264. The number of rotatable bonds is 5. The Hall–Kier alpha value is -1.90. The molecular weight excluding hydrogens is 390 g/mol. The van der Waals surface area contributed by atoms with Gasteiger partial charge in [0.15, 0.2) is 11.6 Å².